The lowest BCUT2D eigenvalue weighted by atomic mass is 9.95. The second-order valence-corrected chi connectivity index (χ2v) is 4.56. The molecule has 1 N–H and O–H groups in total. The molecule has 0 spiro atoms. The number of halogens is 3. The number of aliphatic carboxylic acids is 1. The van der Waals surface area contributed by atoms with Gasteiger partial charge in [-0.15, -0.1) is 0 Å². The van der Waals surface area contributed by atoms with Gasteiger partial charge in [0.05, 0.1) is 11.5 Å². The molecule has 0 saturated heterocycles. The lowest BCUT2D eigenvalue weighted by Gasteiger charge is -2.24. The molecule has 0 fully saturated rings. The van der Waals surface area contributed by atoms with E-state index in [4.69, 9.17) is 14.6 Å². The van der Waals surface area contributed by atoms with Crippen molar-refractivity contribution in [2.24, 2.45) is 5.92 Å². The molecule has 20 heavy (non-hydrogen) atoms. The quantitative estimate of drug-likeness (QED) is 0.930. The molecule has 7 heteroatoms. The minimum absolute atomic E-state index is 0.000764. The molecule has 110 valence electrons. The minimum Gasteiger partial charge on any atom is -0.486 e. The molecule has 0 saturated carbocycles. The van der Waals surface area contributed by atoms with E-state index in [2.05, 4.69) is 0 Å². The first kappa shape index (κ1) is 14.5. The molecule has 1 aliphatic rings. The summed E-state index contributed by atoms with van der Waals surface area (Å²) in [5, 5.41) is 8.89. The van der Waals surface area contributed by atoms with Crippen molar-refractivity contribution in [2.45, 2.75) is 19.5 Å². The van der Waals surface area contributed by atoms with Gasteiger partial charge in [0.2, 0.25) is 0 Å². The Labute approximate surface area is 113 Å². The topological polar surface area (TPSA) is 55.8 Å². The highest BCUT2D eigenvalue weighted by Gasteiger charge is 2.37. The van der Waals surface area contributed by atoms with Crippen molar-refractivity contribution in [1.82, 2.24) is 0 Å². The van der Waals surface area contributed by atoms with Crippen LogP contribution in [0.3, 0.4) is 0 Å². The van der Waals surface area contributed by atoms with Crippen LogP contribution in [0.5, 0.6) is 11.5 Å². The molecule has 0 bridgehead atoms. The molecule has 1 atom stereocenters. The summed E-state index contributed by atoms with van der Waals surface area (Å²) in [6.07, 6.45) is -4.83. The summed E-state index contributed by atoms with van der Waals surface area (Å²) in [5.41, 5.74) is -1.04. The second kappa shape index (κ2) is 5.22. The second-order valence-electron chi connectivity index (χ2n) is 4.56. The number of fused-ring (bicyclic) bond motifs is 1. The van der Waals surface area contributed by atoms with Gasteiger partial charge in [0.25, 0.3) is 0 Å². The predicted molar refractivity (Wildman–Crippen MR) is 62.9 cm³/mol. The number of hydrogen-bond acceptors (Lipinski definition) is 3. The highest BCUT2D eigenvalue weighted by molar-refractivity contribution is 5.70. The Kier molecular flexibility index (Phi) is 3.78. The fraction of sp³-hybridized carbons (Fsp3) is 0.462. The molecule has 1 heterocycles. The SMILES string of the molecule is CC(Cc1c(C(F)(F)F)ccc2c1OCCO2)C(=O)O. The van der Waals surface area contributed by atoms with Gasteiger partial charge in [-0.25, -0.2) is 0 Å². The van der Waals surface area contributed by atoms with Crippen LogP contribution in [0, 0.1) is 5.92 Å². The van der Waals surface area contributed by atoms with Gasteiger partial charge >= 0.3 is 12.1 Å². The molecule has 0 radical (unpaired) electrons. The monoisotopic (exact) mass is 290 g/mol. The lowest BCUT2D eigenvalue weighted by Crippen LogP contribution is -2.22. The average Bonchev–Trinajstić information content (AvgIpc) is 2.37. The number of rotatable bonds is 3. The molecular formula is C13H13F3O4. The van der Waals surface area contributed by atoms with E-state index in [9.17, 15) is 18.0 Å². The lowest BCUT2D eigenvalue weighted by molar-refractivity contribution is -0.142. The summed E-state index contributed by atoms with van der Waals surface area (Å²) in [6, 6.07) is 2.10. The van der Waals surface area contributed by atoms with Gasteiger partial charge in [0.1, 0.15) is 13.2 Å². The third-order valence-electron chi connectivity index (χ3n) is 3.05. The van der Waals surface area contributed by atoms with E-state index >= 15 is 0 Å². The van der Waals surface area contributed by atoms with E-state index in [1.165, 1.54) is 13.0 Å². The zero-order valence-electron chi connectivity index (χ0n) is 10.7. The Morgan fingerprint density at radius 2 is 2.00 bits per heavy atom. The van der Waals surface area contributed by atoms with Crippen LogP contribution in [0.2, 0.25) is 0 Å². The minimum atomic E-state index is -4.57. The Bertz CT molecular complexity index is 525. The number of ether oxygens (including phenoxy) is 2. The van der Waals surface area contributed by atoms with Gasteiger partial charge in [-0.2, -0.15) is 13.2 Å². The molecule has 0 amide bonds. The largest absolute Gasteiger partial charge is 0.486 e. The van der Waals surface area contributed by atoms with Gasteiger partial charge in [-0.1, -0.05) is 6.92 Å². The van der Waals surface area contributed by atoms with Crippen LogP contribution in [0.1, 0.15) is 18.1 Å². The van der Waals surface area contributed by atoms with Gasteiger partial charge in [-0.3, -0.25) is 4.79 Å². The summed E-state index contributed by atoms with van der Waals surface area (Å²) in [6.45, 7) is 1.75. The number of benzene rings is 1. The Hall–Kier alpha value is -1.92. The Morgan fingerprint density at radius 1 is 1.35 bits per heavy atom. The smallest absolute Gasteiger partial charge is 0.416 e. The highest BCUT2D eigenvalue weighted by atomic mass is 19.4. The van der Waals surface area contributed by atoms with Crippen molar-refractivity contribution >= 4 is 5.97 Å². The molecule has 1 aliphatic heterocycles. The zero-order valence-corrected chi connectivity index (χ0v) is 10.7. The molecule has 1 aromatic carbocycles. The number of alkyl halides is 3. The summed E-state index contributed by atoms with van der Waals surface area (Å²) in [4.78, 5) is 10.9. The van der Waals surface area contributed by atoms with Crippen LogP contribution in [0.25, 0.3) is 0 Å². The van der Waals surface area contributed by atoms with E-state index in [-0.39, 0.29) is 36.7 Å². The third-order valence-corrected chi connectivity index (χ3v) is 3.05. The van der Waals surface area contributed by atoms with Crippen molar-refractivity contribution in [3.63, 3.8) is 0 Å². The van der Waals surface area contributed by atoms with E-state index in [0.717, 1.165) is 6.07 Å². The first-order chi connectivity index (χ1) is 9.30. The molecule has 0 aromatic heterocycles. The Balaban J connectivity index is 2.51. The highest BCUT2D eigenvalue weighted by Crippen LogP contribution is 2.43. The predicted octanol–water partition coefficient (Wildman–Crippen LogP) is 2.74. The van der Waals surface area contributed by atoms with Crippen molar-refractivity contribution < 1.29 is 32.5 Å². The van der Waals surface area contributed by atoms with Crippen molar-refractivity contribution in [3.8, 4) is 11.5 Å². The Morgan fingerprint density at radius 3 is 2.60 bits per heavy atom. The van der Waals surface area contributed by atoms with Crippen molar-refractivity contribution in [2.75, 3.05) is 13.2 Å². The molecule has 1 unspecified atom stereocenters. The van der Waals surface area contributed by atoms with Crippen LogP contribution < -0.4 is 9.47 Å². The normalized spacial score (nSPS) is 15.8. The summed E-state index contributed by atoms with van der Waals surface area (Å²) in [7, 11) is 0. The van der Waals surface area contributed by atoms with Gasteiger partial charge in [0.15, 0.2) is 11.5 Å². The van der Waals surface area contributed by atoms with Gasteiger partial charge in [-0.05, 0) is 18.6 Å². The molecule has 0 aliphatic carbocycles. The van der Waals surface area contributed by atoms with Gasteiger partial charge < -0.3 is 14.6 Å². The van der Waals surface area contributed by atoms with E-state index in [1.807, 2.05) is 0 Å². The molecule has 4 nitrogen and oxygen atoms in total. The molecular weight excluding hydrogens is 277 g/mol. The third kappa shape index (κ3) is 2.81. The van der Waals surface area contributed by atoms with Crippen molar-refractivity contribution in [1.29, 1.82) is 0 Å². The number of carbonyl (C=O) groups is 1. The van der Waals surface area contributed by atoms with Crippen molar-refractivity contribution in [3.05, 3.63) is 23.3 Å². The standard InChI is InChI=1S/C13H13F3O4/c1-7(12(17)18)6-8-9(13(14,15)16)2-3-10-11(8)20-5-4-19-10/h2-3,7H,4-6H2,1H3,(H,17,18). The van der Waals surface area contributed by atoms with Crippen LogP contribution in [0.15, 0.2) is 12.1 Å². The number of carboxylic acids is 1. The summed E-state index contributed by atoms with van der Waals surface area (Å²) in [5.74, 6) is -1.89. The van der Waals surface area contributed by atoms with Crippen LogP contribution in [0.4, 0.5) is 13.2 Å². The average molecular weight is 290 g/mol. The van der Waals surface area contributed by atoms with E-state index in [1.54, 1.807) is 0 Å². The number of carboxylic acid groups (broad SMARTS) is 1. The fourth-order valence-corrected chi connectivity index (χ4v) is 2.04. The summed E-state index contributed by atoms with van der Waals surface area (Å²) >= 11 is 0. The molecule has 1 aromatic rings. The maximum atomic E-state index is 13.0. The summed E-state index contributed by atoms with van der Waals surface area (Å²) < 4.78 is 49.6. The first-order valence-corrected chi connectivity index (χ1v) is 6.02. The fourth-order valence-electron chi connectivity index (χ4n) is 2.04. The maximum absolute atomic E-state index is 13.0. The zero-order chi connectivity index (χ0) is 14.9. The van der Waals surface area contributed by atoms with Gasteiger partial charge in [0, 0.05) is 5.56 Å². The number of hydrogen-bond donors (Lipinski definition) is 1. The maximum Gasteiger partial charge on any atom is 0.416 e. The van der Waals surface area contributed by atoms with E-state index < -0.39 is 23.6 Å². The van der Waals surface area contributed by atoms with E-state index in [0.29, 0.717) is 0 Å². The van der Waals surface area contributed by atoms with Crippen LogP contribution in [-0.2, 0) is 17.4 Å². The van der Waals surface area contributed by atoms with Crippen LogP contribution in [-0.4, -0.2) is 24.3 Å². The molecule has 2 rings (SSSR count). The van der Waals surface area contributed by atoms with Crippen LogP contribution >= 0.6 is 0 Å². The first-order valence-electron chi connectivity index (χ1n) is 6.02.